The van der Waals surface area contributed by atoms with Crippen LogP contribution in [0.5, 0.6) is 5.75 Å². The number of methoxy groups -OCH3 is 1. The Hall–Kier alpha value is -2.37. The van der Waals surface area contributed by atoms with E-state index in [1.807, 2.05) is 0 Å². The minimum atomic E-state index is -1.06. The van der Waals surface area contributed by atoms with Crippen molar-refractivity contribution < 1.29 is 28.6 Å². The molecule has 2 atom stereocenters. The van der Waals surface area contributed by atoms with Gasteiger partial charge in [0.1, 0.15) is 5.75 Å². The Labute approximate surface area is 160 Å². The van der Waals surface area contributed by atoms with Crippen LogP contribution >= 0.6 is 0 Å². The lowest BCUT2D eigenvalue weighted by atomic mass is 9.69. The first-order valence-electron chi connectivity index (χ1n) is 9.55. The molecule has 1 aromatic carbocycles. The summed E-state index contributed by atoms with van der Waals surface area (Å²) in [5.74, 6) is -2.47. The zero-order valence-electron chi connectivity index (χ0n) is 16.2. The zero-order valence-corrected chi connectivity index (χ0v) is 16.2. The summed E-state index contributed by atoms with van der Waals surface area (Å²) in [4.78, 5) is 38.1. The summed E-state index contributed by atoms with van der Waals surface area (Å²) in [7, 11) is 1.57. The summed E-state index contributed by atoms with van der Waals surface area (Å²) in [5, 5.41) is 0. The Balaban J connectivity index is 2.29. The molecule has 1 aromatic rings. The predicted octanol–water partition coefficient (Wildman–Crippen LogP) is 3.43. The van der Waals surface area contributed by atoms with E-state index in [1.54, 1.807) is 45.2 Å². The fraction of sp³-hybridized carbons (Fsp3) is 0.571. The van der Waals surface area contributed by atoms with E-state index in [9.17, 15) is 14.4 Å². The summed E-state index contributed by atoms with van der Waals surface area (Å²) in [6, 6.07) is 6.91. The number of hydrogen-bond donors (Lipinski definition) is 0. The number of ether oxygens (including phenoxy) is 3. The third-order valence-corrected chi connectivity index (χ3v) is 5.04. The highest BCUT2D eigenvalue weighted by Crippen LogP contribution is 2.38. The molecule has 0 spiro atoms. The second kappa shape index (κ2) is 10.1. The molecular formula is C21H28O6. The van der Waals surface area contributed by atoms with Gasteiger partial charge in [0.15, 0.2) is 11.7 Å². The number of benzene rings is 1. The van der Waals surface area contributed by atoms with Crippen LogP contribution in [-0.2, 0) is 19.1 Å². The summed E-state index contributed by atoms with van der Waals surface area (Å²) >= 11 is 0. The van der Waals surface area contributed by atoms with Crippen molar-refractivity contribution in [3.63, 3.8) is 0 Å². The van der Waals surface area contributed by atoms with E-state index in [0.29, 0.717) is 24.2 Å². The van der Waals surface area contributed by atoms with Crippen molar-refractivity contribution in [3.8, 4) is 5.75 Å². The van der Waals surface area contributed by atoms with E-state index < -0.39 is 29.7 Å². The molecule has 1 fully saturated rings. The van der Waals surface area contributed by atoms with Crippen LogP contribution < -0.4 is 4.74 Å². The van der Waals surface area contributed by atoms with Crippen LogP contribution in [0.3, 0.4) is 0 Å². The Kier molecular flexibility index (Phi) is 7.82. The normalized spacial score (nSPS) is 19.4. The lowest BCUT2D eigenvalue weighted by molar-refractivity contribution is -0.165. The van der Waals surface area contributed by atoms with Gasteiger partial charge in [0, 0.05) is 11.5 Å². The monoisotopic (exact) mass is 376 g/mol. The highest BCUT2D eigenvalue weighted by atomic mass is 16.6. The van der Waals surface area contributed by atoms with Gasteiger partial charge in [-0.05, 0) is 56.9 Å². The van der Waals surface area contributed by atoms with E-state index >= 15 is 0 Å². The van der Waals surface area contributed by atoms with Crippen molar-refractivity contribution in [2.45, 2.75) is 39.5 Å². The van der Waals surface area contributed by atoms with Crippen molar-refractivity contribution in [2.75, 3.05) is 20.3 Å². The Morgan fingerprint density at radius 3 is 2.04 bits per heavy atom. The first-order valence-corrected chi connectivity index (χ1v) is 9.55. The van der Waals surface area contributed by atoms with Crippen LogP contribution in [-0.4, -0.2) is 38.0 Å². The van der Waals surface area contributed by atoms with Crippen LogP contribution in [0.4, 0.5) is 0 Å². The van der Waals surface area contributed by atoms with Crippen molar-refractivity contribution in [1.29, 1.82) is 0 Å². The predicted molar refractivity (Wildman–Crippen MR) is 99.5 cm³/mol. The fourth-order valence-electron chi connectivity index (χ4n) is 3.76. The van der Waals surface area contributed by atoms with Crippen molar-refractivity contribution >= 4 is 17.7 Å². The minimum Gasteiger partial charge on any atom is -0.497 e. The van der Waals surface area contributed by atoms with Gasteiger partial charge in [-0.15, -0.1) is 0 Å². The second-order valence-electron chi connectivity index (χ2n) is 6.63. The van der Waals surface area contributed by atoms with Crippen LogP contribution in [0, 0.1) is 17.8 Å². The maximum absolute atomic E-state index is 13.1. The van der Waals surface area contributed by atoms with E-state index in [0.717, 1.165) is 12.8 Å². The Morgan fingerprint density at radius 1 is 0.963 bits per heavy atom. The molecule has 148 valence electrons. The number of Topliss-reactive ketones (excluding diaryl/α,β-unsaturated/α-hetero) is 1. The molecule has 27 heavy (non-hydrogen) atoms. The first kappa shape index (κ1) is 20.9. The molecule has 1 aliphatic rings. The van der Waals surface area contributed by atoms with Crippen LogP contribution in [0.25, 0.3) is 0 Å². The third-order valence-electron chi connectivity index (χ3n) is 5.04. The lowest BCUT2D eigenvalue weighted by Crippen LogP contribution is -2.41. The molecule has 0 radical (unpaired) electrons. The Morgan fingerprint density at radius 2 is 1.52 bits per heavy atom. The topological polar surface area (TPSA) is 78.9 Å². The number of rotatable bonds is 8. The minimum absolute atomic E-state index is 0.0547. The number of carbonyl (C=O) groups is 3. The van der Waals surface area contributed by atoms with Gasteiger partial charge in [0.2, 0.25) is 0 Å². The molecule has 0 unspecified atom stereocenters. The summed E-state index contributed by atoms with van der Waals surface area (Å²) in [6.07, 6.45) is 3.02. The van der Waals surface area contributed by atoms with Crippen molar-refractivity contribution in [2.24, 2.45) is 17.8 Å². The van der Waals surface area contributed by atoms with Gasteiger partial charge in [-0.2, -0.15) is 0 Å². The lowest BCUT2D eigenvalue weighted by Gasteiger charge is -2.34. The van der Waals surface area contributed by atoms with Gasteiger partial charge in [-0.25, -0.2) is 0 Å². The summed E-state index contributed by atoms with van der Waals surface area (Å²) in [5.41, 5.74) is 0.555. The van der Waals surface area contributed by atoms with Crippen LogP contribution in [0.1, 0.15) is 49.9 Å². The number of esters is 2. The van der Waals surface area contributed by atoms with E-state index in [4.69, 9.17) is 14.2 Å². The summed E-state index contributed by atoms with van der Waals surface area (Å²) in [6.45, 7) is 3.75. The summed E-state index contributed by atoms with van der Waals surface area (Å²) < 4.78 is 15.4. The maximum atomic E-state index is 13.1. The molecule has 6 heteroatoms. The van der Waals surface area contributed by atoms with Gasteiger partial charge >= 0.3 is 11.9 Å². The average molecular weight is 376 g/mol. The molecule has 0 aromatic heterocycles. The van der Waals surface area contributed by atoms with Gasteiger partial charge in [-0.3, -0.25) is 14.4 Å². The van der Waals surface area contributed by atoms with Gasteiger partial charge in [-0.1, -0.05) is 12.8 Å². The molecule has 0 bridgehead atoms. The maximum Gasteiger partial charge on any atom is 0.320 e. The van der Waals surface area contributed by atoms with E-state index in [1.165, 1.54) is 0 Å². The van der Waals surface area contributed by atoms with Crippen LogP contribution in [0.2, 0.25) is 0 Å². The number of hydrogen-bond acceptors (Lipinski definition) is 6. The standard InChI is InChI=1S/C21H28O6/c1-4-26-20(23)18(21(24)27-5-2)16-8-6-7-9-17(16)19(22)14-10-12-15(25-3)13-11-14/h10-13,16-18H,4-9H2,1-3H3/t16-,17-/m0/s1. The van der Waals surface area contributed by atoms with E-state index in [-0.39, 0.29) is 19.0 Å². The molecule has 0 N–H and O–H groups in total. The van der Waals surface area contributed by atoms with E-state index in [2.05, 4.69) is 0 Å². The molecule has 2 rings (SSSR count). The molecular weight excluding hydrogens is 348 g/mol. The third kappa shape index (κ3) is 5.08. The molecule has 1 aliphatic carbocycles. The smallest absolute Gasteiger partial charge is 0.320 e. The number of carbonyl (C=O) groups excluding carboxylic acids is 3. The molecule has 0 amide bonds. The Bertz CT molecular complexity index is 633. The highest BCUT2D eigenvalue weighted by molar-refractivity contribution is 6.00. The largest absolute Gasteiger partial charge is 0.497 e. The van der Waals surface area contributed by atoms with Gasteiger partial charge in [0.05, 0.1) is 20.3 Å². The second-order valence-corrected chi connectivity index (χ2v) is 6.63. The quantitative estimate of drug-likeness (QED) is 0.393. The van der Waals surface area contributed by atoms with Gasteiger partial charge in [0.25, 0.3) is 0 Å². The average Bonchev–Trinajstić information content (AvgIpc) is 2.68. The van der Waals surface area contributed by atoms with Crippen molar-refractivity contribution in [3.05, 3.63) is 29.8 Å². The molecule has 6 nitrogen and oxygen atoms in total. The van der Waals surface area contributed by atoms with Crippen LogP contribution in [0.15, 0.2) is 24.3 Å². The molecule has 0 saturated heterocycles. The van der Waals surface area contributed by atoms with Crippen molar-refractivity contribution in [1.82, 2.24) is 0 Å². The number of ketones is 1. The highest BCUT2D eigenvalue weighted by Gasteiger charge is 2.45. The fourth-order valence-corrected chi connectivity index (χ4v) is 3.76. The zero-order chi connectivity index (χ0) is 19.8. The first-order chi connectivity index (χ1) is 13.0. The van der Waals surface area contributed by atoms with Gasteiger partial charge < -0.3 is 14.2 Å². The molecule has 0 aliphatic heterocycles. The molecule has 1 saturated carbocycles. The SMILES string of the molecule is CCOC(=O)C(C(=O)OCC)[C@H]1CCCC[C@@H]1C(=O)c1ccc(OC)cc1. The molecule has 0 heterocycles.